The first-order chi connectivity index (χ1) is 5.33. The molecule has 2 aliphatic rings. The molecule has 0 aromatic heterocycles. The van der Waals surface area contributed by atoms with Crippen LogP contribution in [-0.4, -0.2) is 48.3 Å². The molecule has 3 heteroatoms. The summed E-state index contributed by atoms with van der Waals surface area (Å²) >= 11 is 0. The van der Waals surface area contributed by atoms with Crippen molar-refractivity contribution in [1.29, 1.82) is 0 Å². The number of aliphatic hydroxyl groups excluding tert-OH is 1. The first-order valence-electron chi connectivity index (χ1n) is 4.42. The van der Waals surface area contributed by atoms with E-state index in [0.717, 1.165) is 19.5 Å². The molecule has 0 aliphatic carbocycles. The van der Waals surface area contributed by atoms with Crippen LogP contribution in [0.1, 0.15) is 12.8 Å². The van der Waals surface area contributed by atoms with E-state index in [1.54, 1.807) is 0 Å². The van der Waals surface area contributed by atoms with Crippen molar-refractivity contribution in [1.82, 2.24) is 10.2 Å². The van der Waals surface area contributed by atoms with Crippen LogP contribution in [0.15, 0.2) is 0 Å². The Morgan fingerprint density at radius 3 is 2.82 bits per heavy atom. The van der Waals surface area contributed by atoms with E-state index in [1.807, 2.05) is 7.05 Å². The van der Waals surface area contributed by atoms with Crippen molar-refractivity contribution in [3.05, 3.63) is 0 Å². The molecule has 0 amide bonds. The number of likely N-dealkylation sites (N-methyl/N-ethyl adjacent to an activating group) is 1. The second-order valence-electron chi connectivity index (χ2n) is 3.57. The lowest BCUT2D eigenvalue weighted by atomic mass is 10.0. The van der Waals surface area contributed by atoms with Crippen molar-refractivity contribution in [2.24, 2.45) is 0 Å². The minimum atomic E-state index is -0.0880. The van der Waals surface area contributed by atoms with Gasteiger partial charge in [-0.15, -0.1) is 0 Å². The van der Waals surface area contributed by atoms with Gasteiger partial charge in [0.05, 0.1) is 12.1 Å². The van der Waals surface area contributed by atoms with E-state index in [0.29, 0.717) is 12.1 Å². The fraction of sp³-hybridized carbons (Fsp3) is 1.00. The molecule has 0 bridgehead atoms. The van der Waals surface area contributed by atoms with Gasteiger partial charge in [0.15, 0.2) is 0 Å². The molecular formula is C8H16N2O. The molecule has 2 rings (SSSR count). The number of hydrogen-bond acceptors (Lipinski definition) is 3. The number of rotatable bonds is 1. The van der Waals surface area contributed by atoms with Crippen LogP contribution < -0.4 is 5.32 Å². The number of nitrogens with zero attached hydrogens (tertiary/aromatic N) is 1. The zero-order valence-corrected chi connectivity index (χ0v) is 6.95. The second kappa shape index (κ2) is 2.73. The molecule has 2 fully saturated rings. The van der Waals surface area contributed by atoms with Crippen LogP contribution in [0, 0.1) is 0 Å². The molecule has 64 valence electrons. The van der Waals surface area contributed by atoms with Gasteiger partial charge in [0, 0.05) is 19.1 Å². The van der Waals surface area contributed by atoms with Gasteiger partial charge in [-0.2, -0.15) is 0 Å². The van der Waals surface area contributed by atoms with E-state index in [1.165, 1.54) is 6.42 Å². The van der Waals surface area contributed by atoms with Gasteiger partial charge in [0.25, 0.3) is 0 Å². The first-order valence-corrected chi connectivity index (χ1v) is 4.42. The maximum atomic E-state index is 9.62. The van der Waals surface area contributed by atoms with Crippen molar-refractivity contribution in [2.45, 2.75) is 31.0 Å². The minimum absolute atomic E-state index is 0.0880. The van der Waals surface area contributed by atoms with Crippen molar-refractivity contribution in [2.75, 3.05) is 20.1 Å². The second-order valence-corrected chi connectivity index (χ2v) is 3.57. The molecule has 2 heterocycles. The highest BCUT2D eigenvalue weighted by molar-refractivity contribution is 4.99. The monoisotopic (exact) mass is 156 g/mol. The molecule has 3 atom stereocenters. The van der Waals surface area contributed by atoms with E-state index in [4.69, 9.17) is 0 Å². The Balaban J connectivity index is 2.07. The van der Waals surface area contributed by atoms with Crippen LogP contribution in [-0.2, 0) is 0 Å². The van der Waals surface area contributed by atoms with Crippen LogP contribution in [0.5, 0.6) is 0 Å². The Morgan fingerprint density at radius 1 is 1.36 bits per heavy atom. The van der Waals surface area contributed by atoms with Crippen molar-refractivity contribution >= 4 is 0 Å². The summed E-state index contributed by atoms with van der Waals surface area (Å²) in [5.41, 5.74) is 0. The van der Waals surface area contributed by atoms with Crippen LogP contribution in [0.25, 0.3) is 0 Å². The van der Waals surface area contributed by atoms with E-state index >= 15 is 0 Å². The highest BCUT2D eigenvalue weighted by atomic mass is 16.3. The molecule has 2 aliphatic heterocycles. The SMILES string of the molecule is CN[C@H]1CCN2CCC(O)C12. The summed E-state index contributed by atoms with van der Waals surface area (Å²) in [6, 6.07) is 0.924. The lowest BCUT2D eigenvalue weighted by Crippen LogP contribution is -2.43. The van der Waals surface area contributed by atoms with Gasteiger partial charge in [-0.3, -0.25) is 4.90 Å². The Hall–Kier alpha value is -0.120. The number of aliphatic hydroxyl groups is 1. The van der Waals surface area contributed by atoms with Crippen molar-refractivity contribution < 1.29 is 5.11 Å². The largest absolute Gasteiger partial charge is 0.391 e. The van der Waals surface area contributed by atoms with Gasteiger partial charge >= 0.3 is 0 Å². The number of fused-ring (bicyclic) bond motifs is 1. The van der Waals surface area contributed by atoms with Crippen molar-refractivity contribution in [3.8, 4) is 0 Å². The first kappa shape index (κ1) is 7.53. The molecular weight excluding hydrogens is 140 g/mol. The Bertz CT molecular complexity index is 151. The van der Waals surface area contributed by atoms with Gasteiger partial charge in [-0.1, -0.05) is 0 Å². The van der Waals surface area contributed by atoms with Gasteiger partial charge in [0.1, 0.15) is 0 Å². The smallest absolute Gasteiger partial charge is 0.0722 e. The van der Waals surface area contributed by atoms with Crippen LogP contribution in [0.3, 0.4) is 0 Å². The summed E-state index contributed by atoms with van der Waals surface area (Å²) in [4.78, 5) is 2.39. The number of nitrogens with one attached hydrogen (secondary N) is 1. The molecule has 0 spiro atoms. The van der Waals surface area contributed by atoms with Crippen LogP contribution in [0.2, 0.25) is 0 Å². The average molecular weight is 156 g/mol. The van der Waals surface area contributed by atoms with Gasteiger partial charge in [-0.05, 0) is 19.9 Å². The summed E-state index contributed by atoms with van der Waals surface area (Å²) < 4.78 is 0. The highest BCUT2D eigenvalue weighted by Gasteiger charge is 2.42. The lowest BCUT2D eigenvalue weighted by molar-refractivity contribution is 0.123. The summed E-state index contributed by atoms with van der Waals surface area (Å²) in [7, 11) is 1.99. The zero-order valence-electron chi connectivity index (χ0n) is 6.95. The fourth-order valence-electron chi connectivity index (χ4n) is 2.44. The van der Waals surface area contributed by atoms with Crippen molar-refractivity contribution in [3.63, 3.8) is 0 Å². The van der Waals surface area contributed by atoms with Crippen LogP contribution >= 0.6 is 0 Å². The molecule has 3 nitrogen and oxygen atoms in total. The van der Waals surface area contributed by atoms with E-state index in [9.17, 15) is 5.11 Å². The predicted molar refractivity (Wildman–Crippen MR) is 43.4 cm³/mol. The normalized spacial score (nSPS) is 44.7. The minimum Gasteiger partial charge on any atom is -0.391 e. The molecule has 0 aromatic rings. The Labute approximate surface area is 67.4 Å². The molecule has 11 heavy (non-hydrogen) atoms. The summed E-state index contributed by atoms with van der Waals surface area (Å²) in [5, 5.41) is 12.9. The fourth-order valence-corrected chi connectivity index (χ4v) is 2.44. The Kier molecular flexibility index (Phi) is 1.87. The molecule has 2 N–H and O–H groups in total. The third kappa shape index (κ3) is 1.08. The zero-order chi connectivity index (χ0) is 7.84. The van der Waals surface area contributed by atoms with Crippen LogP contribution in [0.4, 0.5) is 0 Å². The van der Waals surface area contributed by atoms with Gasteiger partial charge in [-0.25, -0.2) is 0 Å². The third-order valence-corrected chi connectivity index (χ3v) is 3.04. The molecule has 0 saturated carbocycles. The highest BCUT2D eigenvalue weighted by Crippen LogP contribution is 2.27. The predicted octanol–water partition coefficient (Wildman–Crippen LogP) is -0.587. The summed E-state index contributed by atoms with van der Waals surface area (Å²) in [5.74, 6) is 0. The lowest BCUT2D eigenvalue weighted by Gasteiger charge is -2.22. The molecule has 2 unspecified atom stereocenters. The molecule has 0 aromatic carbocycles. The Morgan fingerprint density at radius 2 is 2.09 bits per heavy atom. The van der Waals surface area contributed by atoms with E-state index < -0.39 is 0 Å². The van der Waals surface area contributed by atoms with E-state index in [2.05, 4.69) is 10.2 Å². The quantitative estimate of drug-likeness (QED) is 0.533. The van der Waals surface area contributed by atoms with Gasteiger partial charge < -0.3 is 10.4 Å². The molecule has 0 radical (unpaired) electrons. The maximum Gasteiger partial charge on any atom is 0.0722 e. The topological polar surface area (TPSA) is 35.5 Å². The average Bonchev–Trinajstić information content (AvgIpc) is 2.54. The third-order valence-electron chi connectivity index (χ3n) is 3.04. The molecule has 2 saturated heterocycles. The summed E-state index contributed by atoms with van der Waals surface area (Å²) in [6.45, 7) is 2.25. The summed E-state index contributed by atoms with van der Waals surface area (Å²) in [6.07, 6.45) is 2.07. The number of hydrogen-bond donors (Lipinski definition) is 2. The standard InChI is InChI=1S/C8H16N2O/c1-9-6-2-4-10-5-3-7(11)8(6)10/h6-9,11H,2-5H2,1H3/t6-,7?,8?/m0/s1. The van der Waals surface area contributed by atoms with Gasteiger partial charge in [0.2, 0.25) is 0 Å². The maximum absolute atomic E-state index is 9.62. The van der Waals surface area contributed by atoms with E-state index in [-0.39, 0.29) is 6.10 Å².